The summed E-state index contributed by atoms with van der Waals surface area (Å²) in [6, 6.07) is 11.5. The first-order valence-electron chi connectivity index (χ1n) is 10.2. The minimum absolute atomic E-state index is 0.00900. The molecule has 1 saturated heterocycles. The van der Waals surface area contributed by atoms with Gasteiger partial charge in [0.25, 0.3) is 0 Å². The lowest BCUT2D eigenvalue weighted by molar-refractivity contribution is -0.128. The number of benzene rings is 1. The molecule has 7 nitrogen and oxygen atoms in total. The van der Waals surface area contributed by atoms with E-state index >= 15 is 0 Å². The monoisotopic (exact) mass is 391 g/mol. The Morgan fingerprint density at radius 1 is 1.28 bits per heavy atom. The third-order valence-corrected chi connectivity index (χ3v) is 6.43. The van der Waals surface area contributed by atoms with Gasteiger partial charge in [0, 0.05) is 31.7 Å². The van der Waals surface area contributed by atoms with Crippen LogP contribution in [-0.4, -0.2) is 45.6 Å². The smallest absolute Gasteiger partial charge is 0.223 e. The molecular weight excluding hydrogens is 366 g/mol. The molecule has 0 unspecified atom stereocenters. The summed E-state index contributed by atoms with van der Waals surface area (Å²) in [6.45, 7) is 1.87. The fraction of sp³-hybridized carbons (Fsp3) is 0.409. The highest BCUT2D eigenvalue weighted by Gasteiger charge is 2.55. The van der Waals surface area contributed by atoms with Crippen molar-refractivity contribution in [3.05, 3.63) is 54.5 Å². The van der Waals surface area contributed by atoms with Crippen LogP contribution in [-0.2, 0) is 4.79 Å². The van der Waals surface area contributed by atoms with Gasteiger partial charge >= 0.3 is 0 Å². The van der Waals surface area contributed by atoms with Crippen LogP contribution in [0, 0.1) is 11.3 Å². The Bertz CT molecular complexity index is 1010. The van der Waals surface area contributed by atoms with Gasteiger partial charge in [-0.25, -0.2) is 9.97 Å². The van der Waals surface area contributed by atoms with E-state index in [-0.39, 0.29) is 23.8 Å². The maximum Gasteiger partial charge on any atom is 0.223 e. The lowest BCUT2D eigenvalue weighted by Crippen LogP contribution is -2.48. The molecule has 3 heterocycles. The number of aliphatic hydroxyl groups excluding tert-OH is 1. The average molecular weight is 391 g/mol. The summed E-state index contributed by atoms with van der Waals surface area (Å²) in [4.78, 5) is 27.2. The van der Waals surface area contributed by atoms with Gasteiger partial charge in [-0.1, -0.05) is 30.3 Å². The van der Waals surface area contributed by atoms with Gasteiger partial charge in [0.1, 0.15) is 17.8 Å². The molecule has 1 aliphatic heterocycles. The molecule has 1 spiro atoms. The Morgan fingerprint density at radius 3 is 2.90 bits per heavy atom. The van der Waals surface area contributed by atoms with Crippen LogP contribution in [0.2, 0.25) is 0 Å². The van der Waals surface area contributed by atoms with Crippen LogP contribution in [0.15, 0.2) is 48.9 Å². The second-order valence-electron chi connectivity index (χ2n) is 8.23. The number of rotatable bonds is 5. The van der Waals surface area contributed by atoms with Gasteiger partial charge in [0.15, 0.2) is 0 Å². The highest BCUT2D eigenvalue weighted by Crippen LogP contribution is 2.56. The summed E-state index contributed by atoms with van der Waals surface area (Å²) in [5, 5.41) is 14.4. The van der Waals surface area contributed by atoms with Crippen LogP contribution in [0.1, 0.15) is 30.9 Å². The van der Waals surface area contributed by atoms with Crippen LogP contribution in [0.5, 0.6) is 0 Å². The number of nitrogens with zero attached hydrogens (tertiary/aromatic N) is 3. The van der Waals surface area contributed by atoms with Crippen molar-refractivity contribution >= 4 is 22.8 Å². The van der Waals surface area contributed by atoms with Crippen LogP contribution < -0.4 is 10.2 Å². The average Bonchev–Trinajstić information content (AvgIpc) is 3.34. The van der Waals surface area contributed by atoms with Gasteiger partial charge in [-0.15, -0.1) is 0 Å². The van der Waals surface area contributed by atoms with Crippen molar-refractivity contribution in [3.63, 3.8) is 0 Å². The standard InChI is InChI=1S/C22H25N5O2/c28-18(15-4-2-1-3-5-15)12-24-21(29)17-7-11-27(13-22(17)8-9-22)20-16-6-10-23-19(16)25-14-26-20/h1-6,10,14,17-18,28H,7-9,11-13H2,(H,24,29)(H,23,25,26)/t17-,18-/m1/s1. The van der Waals surface area contributed by atoms with Crippen molar-refractivity contribution in [2.45, 2.75) is 25.4 Å². The lowest BCUT2D eigenvalue weighted by atomic mass is 9.81. The number of fused-ring (bicyclic) bond motifs is 1. The highest BCUT2D eigenvalue weighted by molar-refractivity contribution is 5.87. The minimum atomic E-state index is -0.682. The normalized spacial score (nSPS) is 21.3. The third kappa shape index (κ3) is 3.35. The Morgan fingerprint density at radius 2 is 2.10 bits per heavy atom. The minimum Gasteiger partial charge on any atom is -0.387 e. The Balaban J connectivity index is 1.25. The molecule has 2 aliphatic rings. The number of piperidine rings is 1. The van der Waals surface area contributed by atoms with E-state index in [9.17, 15) is 9.90 Å². The van der Waals surface area contributed by atoms with Crippen molar-refractivity contribution in [1.29, 1.82) is 0 Å². The molecule has 2 atom stereocenters. The molecule has 1 aromatic carbocycles. The van der Waals surface area contributed by atoms with E-state index < -0.39 is 6.10 Å². The Labute approximate surface area is 169 Å². The largest absolute Gasteiger partial charge is 0.387 e. The second kappa shape index (κ2) is 7.15. The fourth-order valence-electron chi connectivity index (χ4n) is 4.64. The zero-order valence-corrected chi connectivity index (χ0v) is 16.2. The number of anilines is 1. The van der Waals surface area contributed by atoms with E-state index in [4.69, 9.17) is 0 Å². The molecule has 2 fully saturated rings. The summed E-state index contributed by atoms with van der Waals surface area (Å²) >= 11 is 0. The van der Waals surface area contributed by atoms with Crippen LogP contribution in [0.4, 0.5) is 5.82 Å². The Kier molecular flexibility index (Phi) is 4.47. The number of aromatic amines is 1. The van der Waals surface area contributed by atoms with E-state index in [0.717, 1.165) is 54.8 Å². The summed E-state index contributed by atoms with van der Waals surface area (Å²) in [5.74, 6) is 0.998. The molecule has 2 aromatic heterocycles. The maximum atomic E-state index is 12.9. The van der Waals surface area contributed by atoms with E-state index in [0.29, 0.717) is 0 Å². The number of H-pyrrole nitrogens is 1. The van der Waals surface area contributed by atoms with Crippen LogP contribution >= 0.6 is 0 Å². The van der Waals surface area contributed by atoms with Gasteiger partial charge in [-0.05, 0) is 36.3 Å². The number of nitrogens with one attached hydrogen (secondary N) is 2. The number of aromatic nitrogens is 3. The SMILES string of the molecule is O=C(NC[C@@H](O)c1ccccc1)[C@H]1CCN(c2ncnc3[nH]ccc23)CC12CC2. The zero-order valence-electron chi connectivity index (χ0n) is 16.2. The molecule has 3 aromatic rings. The number of carbonyl (C=O) groups excluding carboxylic acids is 1. The van der Waals surface area contributed by atoms with Gasteiger partial charge in [-0.3, -0.25) is 4.79 Å². The van der Waals surface area contributed by atoms with Gasteiger partial charge < -0.3 is 20.3 Å². The molecule has 1 aliphatic carbocycles. The summed E-state index contributed by atoms with van der Waals surface area (Å²) in [5.41, 5.74) is 1.69. The quantitative estimate of drug-likeness (QED) is 0.621. The van der Waals surface area contributed by atoms with Crippen molar-refractivity contribution in [1.82, 2.24) is 20.3 Å². The van der Waals surface area contributed by atoms with Gasteiger partial charge in [-0.2, -0.15) is 0 Å². The molecule has 150 valence electrons. The third-order valence-electron chi connectivity index (χ3n) is 6.43. The fourth-order valence-corrected chi connectivity index (χ4v) is 4.64. The molecule has 1 amide bonds. The van der Waals surface area contributed by atoms with Gasteiger partial charge in [0.05, 0.1) is 11.5 Å². The number of carbonyl (C=O) groups is 1. The first-order valence-corrected chi connectivity index (χ1v) is 10.2. The number of hydrogen-bond acceptors (Lipinski definition) is 5. The van der Waals surface area contributed by atoms with E-state index in [2.05, 4.69) is 25.2 Å². The summed E-state index contributed by atoms with van der Waals surface area (Å²) < 4.78 is 0. The molecular formula is C22H25N5O2. The maximum absolute atomic E-state index is 12.9. The Hall–Kier alpha value is -2.93. The number of amides is 1. The van der Waals surface area contributed by atoms with E-state index in [1.54, 1.807) is 6.33 Å². The summed E-state index contributed by atoms with van der Waals surface area (Å²) in [7, 11) is 0. The predicted molar refractivity (Wildman–Crippen MR) is 110 cm³/mol. The van der Waals surface area contributed by atoms with Gasteiger partial charge in [0.2, 0.25) is 5.91 Å². The zero-order chi connectivity index (χ0) is 19.8. The highest BCUT2D eigenvalue weighted by atomic mass is 16.3. The van der Waals surface area contributed by atoms with Crippen molar-refractivity contribution in [2.24, 2.45) is 11.3 Å². The lowest BCUT2D eigenvalue weighted by Gasteiger charge is -2.39. The van der Waals surface area contributed by atoms with Crippen LogP contribution in [0.25, 0.3) is 11.0 Å². The predicted octanol–water partition coefficient (Wildman–Crippen LogP) is 2.41. The summed E-state index contributed by atoms with van der Waals surface area (Å²) in [6.07, 6.45) is 5.71. The number of aliphatic hydroxyl groups is 1. The molecule has 0 bridgehead atoms. The first-order chi connectivity index (χ1) is 14.2. The van der Waals surface area contributed by atoms with Crippen molar-refractivity contribution in [3.8, 4) is 0 Å². The van der Waals surface area contributed by atoms with Crippen molar-refractivity contribution < 1.29 is 9.90 Å². The molecule has 29 heavy (non-hydrogen) atoms. The second-order valence-corrected chi connectivity index (χ2v) is 8.23. The molecule has 0 radical (unpaired) electrons. The van der Waals surface area contributed by atoms with Crippen LogP contribution in [0.3, 0.4) is 0 Å². The topological polar surface area (TPSA) is 94.1 Å². The first kappa shape index (κ1) is 18.1. The molecule has 1 saturated carbocycles. The molecule has 7 heteroatoms. The van der Waals surface area contributed by atoms with E-state index in [1.165, 1.54) is 0 Å². The van der Waals surface area contributed by atoms with Crippen molar-refractivity contribution in [2.75, 3.05) is 24.5 Å². The van der Waals surface area contributed by atoms with E-state index in [1.807, 2.05) is 42.6 Å². The molecule has 3 N–H and O–H groups in total. The number of hydrogen-bond donors (Lipinski definition) is 3. The molecule has 5 rings (SSSR count).